The maximum Gasteiger partial charge on any atom is 0.360 e. The van der Waals surface area contributed by atoms with Crippen LogP contribution in [0.5, 0.6) is 5.75 Å². The highest BCUT2D eigenvalue weighted by molar-refractivity contribution is 6.30. The highest BCUT2D eigenvalue weighted by Gasteiger charge is 2.27. The van der Waals surface area contributed by atoms with Crippen molar-refractivity contribution in [2.45, 2.75) is 6.54 Å². The van der Waals surface area contributed by atoms with Gasteiger partial charge in [-0.3, -0.25) is 4.79 Å². The van der Waals surface area contributed by atoms with Gasteiger partial charge in [-0.2, -0.15) is 0 Å². The average molecular weight is 493 g/mol. The molecule has 3 aromatic carbocycles. The molecule has 0 aliphatic carbocycles. The number of aromatic nitrogens is 3. The van der Waals surface area contributed by atoms with Crippen LogP contribution >= 0.6 is 11.6 Å². The number of hydrogen-bond acceptors (Lipinski definition) is 6. The van der Waals surface area contributed by atoms with Crippen LogP contribution in [0.25, 0.3) is 11.1 Å². The van der Waals surface area contributed by atoms with E-state index in [4.69, 9.17) is 16.3 Å². The van der Waals surface area contributed by atoms with Crippen LogP contribution < -0.4 is 9.64 Å². The molecule has 35 heavy (non-hydrogen) atoms. The molecule has 9 nitrogen and oxygen atoms in total. The summed E-state index contributed by atoms with van der Waals surface area (Å²) in [5.74, 6) is -1.71. The maximum atomic E-state index is 11.9. The molecular weight excluding hydrogens is 472 g/mol. The molecule has 0 saturated carbocycles. The highest BCUT2D eigenvalue weighted by Crippen LogP contribution is 2.31. The fourth-order valence-corrected chi connectivity index (χ4v) is 3.75. The van der Waals surface area contributed by atoms with Crippen LogP contribution in [0.3, 0.4) is 0 Å². The average Bonchev–Trinajstić information content (AvgIpc) is 3.27. The van der Waals surface area contributed by atoms with E-state index in [9.17, 15) is 19.8 Å². The summed E-state index contributed by atoms with van der Waals surface area (Å²) in [6.07, 6.45) is 0. The number of nitrogens with zero attached hydrogens (tertiary/aromatic N) is 4. The highest BCUT2D eigenvalue weighted by atomic mass is 35.5. The van der Waals surface area contributed by atoms with Crippen LogP contribution in [-0.4, -0.2) is 50.8 Å². The van der Waals surface area contributed by atoms with Gasteiger partial charge in [-0.1, -0.05) is 53.2 Å². The molecule has 0 unspecified atom stereocenters. The van der Waals surface area contributed by atoms with Gasteiger partial charge in [-0.25, -0.2) is 9.48 Å². The number of methoxy groups -OCH3 is 1. The van der Waals surface area contributed by atoms with Crippen molar-refractivity contribution >= 4 is 35.0 Å². The molecular formula is C25H21ClN4O5. The van der Waals surface area contributed by atoms with E-state index >= 15 is 0 Å². The molecule has 2 N–H and O–H groups in total. The zero-order valence-electron chi connectivity index (χ0n) is 18.6. The van der Waals surface area contributed by atoms with Gasteiger partial charge in [0.15, 0.2) is 5.82 Å². The molecule has 0 spiro atoms. The Bertz CT molecular complexity index is 1340. The van der Waals surface area contributed by atoms with Gasteiger partial charge in [0, 0.05) is 10.7 Å². The van der Waals surface area contributed by atoms with Crippen molar-refractivity contribution in [2.75, 3.05) is 18.6 Å². The van der Waals surface area contributed by atoms with Crippen LogP contribution in [0, 0.1) is 0 Å². The number of halogens is 1. The number of benzene rings is 3. The Hall–Kier alpha value is -4.37. The predicted molar refractivity (Wildman–Crippen MR) is 131 cm³/mol. The molecule has 0 fully saturated rings. The van der Waals surface area contributed by atoms with Gasteiger partial charge in [0.25, 0.3) is 0 Å². The van der Waals surface area contributed by atoms with E-state index in [2.05, 4.69) is 10.3 Å². The molecule has 0 aliphatic heterocycles. The number of carbonyl (C=O) groups is 2. The molecule has 1 aromatic heterocycles. The lowest BCUT2D eigenvalue weighted by Gasteiger charge is -2.24. The maximum absolute atomic E-state index is 11.9. The second-order valence-corrected chi connectivity index (χ2v) is 8.04. The fourth-order valence-electron chi connectivity index (χ4n) is 3.62. The second-order valence-electron chi connectivity index (χ2n) is 7.61. The van der Waals surface area contributed by atoms with Gasteiger partial charge in [-0.05, 0) is 53.1 Å². The third-order valence-electron chi connectivity index (χ3n) is 5.31. The second kappa shape index (κ2) is 10.3. The zero-order chi connectivity index (χ0) is 24.9. The van der Waals surface area contributed by atoms with E-state index in [0.717, 1.165) is 16.7 Å². The van der Waals surface area contributed by atoms with Crippen molar-refractivity contribution in [1.29, 1.82) is 0 Å². The monoisotopic (exact) mass is 492 g/mol. The lowest BCUT2D eigenvalue weighted by atomic mass is 10.1. The van der Waals surface area contributed by atoms with Crippen LogP contribution in [-0.2, 0) is 11.3 Å². The van der Waals surface area contributed by atoms with Crippen LogP contribution in [0.2, 0.25) is 5.02 Å². The summed E-state index contributed by atoms with van der Waals surface area (Å²) in [7, 11) is 1.56. The van der Waals surface area contributed by atoms with Crippen LogP contribution in [0.15, 0.2) is 72.8 Å². The number of hydrogen-bond donors (Lipinski definition) is 2. The lowest BCUT2D eigenvalue weighted by molar-refractivity contribution is -0.135. The fraction of sp³-hybridized carbons (Fsp3) is 0.120. The first-order valence-electron chi connectivity index (χ1n) is 10.5. The van der Waals surface area contributed by atoms with E-state index in [0.29, 0.717) is 16.5 Å². The van der Waals surface area contributed by atoms with Gasteiger partial charge >= 0.3 is 11.9 Å². The van der Waals surface area contributed by atoms with E-state index in [1.807, 2.05) is 36.4 Å². The minimum Gasteiger partial charge on any atom is -0.497 e. The molecule has 0 bridgehead atoms. The molecule has 0 atom stereocenters. The summed E-state index contributed by atoms with van der Waals surface area (Å²) >= 11 is 5.97. The van der Waals surface area contributed by atoms with Crippen LogP contribution in [0.4, 0.5) is 11.5 Å². The normalized spacial score (nSPS) is 10.7. The number of ether oxygens (including phenoxy) is 1. The van der Waals surface area contributed by atoms with Crippen molar-refractivity contribution in [3.63, 3.8) is 0 Å². The number of carboxylic acid groups (broad SMARTS) is 2. The first kappa shape index (κ1) is 23.8. The Kier molecular flexibility index (Phi) is 6.98. The molecule has 4 rings (SSSR count). The van der Waals surface area contributed by atoms with E-state index in [1.165, 1.54) is 9.58 Å². The van der Waals surface area contributed by atoms with Gasteiger partial charge in [0.05, 0.1) is 13.7 Å². The number of aromatic carboxylic acids is 1. The first-order valence-corrected chi connectivity index (χ1v) is 10.9. The van der Waals surface area contributed by atoms with E-state index in [1.54, 1.807) is 43.5 Å². The molecule has 0 amide bonds. The van der Waals surface area contributed by atoms with Crippen molar-refractivity contribution in [3.8, 4) is 16.9 Å². The Morgan fingerprint density at radius 2 is 1.54 bits per heavy atom. The molecule has 0 saturated heterocycles. The third kappa shape index (κ3) is 5.42. The SMILES string of the molecule is COc1ccc(Cn2nnc(C(=O)O)c2N(CC(=O)O)c2ccc(-c3ccc(Cl)cc3)cc2)cc1. The molecule has 0 aliphatic rings. The van der Waals surface area contributed by atoms with Gasteiger partial charge < -0.3 is 19.8 Å². The molecule has 1 heterocycles. The summed E-state index contributed by atoms with van der Waals surface area (Å²) in [5, 5.41) is 27.8. The number of anilines is 2. The number of aliphatic carboxylic acids is 1. The summed E-state index contributed by atoms with van der Waals surface area (Å²) in [4.78, 5) is 25.1. The van der Waals surface area contributed by atoms with Crippen molar-refractivity contribution < 1.29 is 24.5 Å². The summed E-state index contributed by atoms with van der Waals surface area (Å²) in [6, 6.07) is 21.6. The smallest absolute Gasteiger partial charge is 0.360 e. The standard InChI is InChI=1S/C25H21ClN4O5/c1-35-21-12-2-16(3-13-21)14-30-24(23(25(33)34)27-28-30)29(15-22(31)32)20-10-6-18(7-11-20)17-4-8-19(26)9-5-17/h2-13H,14-15H2,1H3,(H,31,32)(H,33,34). The van der Waals surface area contributed by atoms with Gasteiger partial charge in [0.2, 0.25) is 5.69 Å². The van der Waals surface area contributed by atoms with Crippen molar-refractivity contribution in [1.82, 2.24) is 15.0 Å². The predicted octanol–water partition coefficient (Wildman–Crippen LogP) is 4.58. The topological polar surface area (TPSA) is 118 Å². The summed E-state index contributed by atoms with van der Waals surface area (Å²) < 4.78 is 6.55. The first-order chi connectivity index (χ1) is 16.9. The van der Waals surface area contributed by atoms with Crippen molar-refractivity contribution in [3.05, 3.63) is 89.1 Å². The van der Waals surface area contributed by atoms with Gasteiger partial charge in [-0.15, -0.1) is 5.10 Å². The van der Waals surface area contributed by atoms with Crippen molar-refractivity contribution in [2.24, 2.45) is 0 Å². The van der Waals surface area contributed by atoms with Crippen LogP contribution in [0.1, 0.15) is 16.1 Å². The summed E-state index contributed by atoms with van der Waals surface area (Å²) in [6.45, 7) is -0.310. The number of carboxylic acids is 2. The summed E-state index contributed by atoms with van der Waals surface area (Å²) in [5.41, 5.74) is 2.77. The number of rotatable bonds is 9. The minimum absolute atomic E-state index is 0.0648. The Labute approximate surface area is 205 Å². The molecule has 10 heteroatoms. The quantitative estimate of drug-likeness (QED) is 0.348. The van der Waals surface area contributed by atoms with Gasteiger partial charge in [0.1, 0.15) is 12.3 Å². The Morgan fingerprint density at radius 1 is 0.943 bits per heavy atom. The molecule has 4 aromatic rings. The Balaban J connectivity index is 1.74. The Morgan fingerprint density at radius 3 is 2.09 bits per heavy atom. The third-order valence-corrected chi connectivity index (χ3v) is 5.56. The molecule has 0 radical (unpaired) electrons. The lowest BCUT2D eigenvalue weighted by Crippen LogP contribution is -2.29. The van der Waals surface area contributed by atoms with E-state index in [-0.39, 0.29) is 18.1 Å². The zero-order valence-corrected chi connectivity index (χ0v) is 19.4. The molecule has 178 valence electrons. The minimum atomic E-state index is -1.31. The largest absolute Gasteiger partial charge is 0.497 e. The van der Waals surface area contributed by atoms with E-state index < -0.39 is 18.5 Å².